The van der Waals surface area contributed by atoms with Crippen molar-refractivity contribution in [2.75, 3.05) is 45.3 Å². The molecule has 0 radical (unpaired) electrons. The van der Waals surface area contributed by atoms with Crippen LogP contribution in [0.25, 0.3) is 11.3 Å². The molecule has 2 heterocycles. The van der Waals surface area contributed by atoms with Gasteiger partial charge in [-0.2, -0.15) is 4.31 Å². The zero-order valence-corrected chi connectivity index (χ0v) is 20.2. The highest BCUT2D eigenvalue weighted by Crippen LogP contribution is 2.28. The van der Waals surface area contributed by atoms with E-state index in [2.05, 4.69) is 10.3 Å². The Bertz CT molecular complexity index is 1240. The average molecular weight is 508 g/mol. The number of carbonyl (C=O) groups excluding carboxylic acids is 1. The molecule has 4 rings (SSSR count). The third-order valence-electron chi connectivity index (χ3n) is 5.14. The minimum Gasteiger partial charge on any atom is -0.495 e. The topological polar surface area (TPSA) is 97.8 Å². The monoisotopic (exact) mass is 507 g/mol. The molecular formula is C22H22ClN3O5S2. The van der Waals surface area contributed by atoms with Crippen LogP contribution in [0.3, 0.4) is 0 Å². The molecule has 0 spiro atoms. The number of anilines is 1. The molecule has 1 saturated heterocycles. The van der Waals surface area contributed by atoms with Crippen LogP contribution in [0.4, 0.5) is 5.13 Å². The quantitative estimate of drug-likeness (QED) is 0.463. The number of Topliss-reactive ketones (excluding diaryl/α,β-unsaturated/α-hetero) is 1. The molecule has 2 aromatic carbocycles. The fourth-order valence-electron chi connectivity index (χ4n) is 3.32. The number of hydrogen-bond acceptors (Lipinski definition) is 8. The maximum absolute atomic E-state index is 12.8. The van der Waals surface area contributed by atoms with Gasteiger partial charge in [-0.1, -0.05) is 23.7 Å². The molecule has 8 nitrogen and oxygen atoms in total. The van der Waals surface area contributed by atoms with E-state index >= 15 is 0 Å². The molecule has 1 fully saturated rings. The number of aromatic nitrogens is 1. The predicted octanol–water partition coefficient (Wildman–Crippen LogP) is 3.79. The molecule has 174 valence electrons. The SMILES string of the molecule is COc1ccc(C(=O)CNc2nc(-c3ccc(S(=O)(=O)N4CCOCC4)cc3)cs2)cc1Cl. The van der Waals surface area contributed by atoms with E-state index in [4.69, 9.17) is 21.1 Å². The third kappa shape index (κ3) is 5.36. The van der Waals surface area contributed by atoms with Gasteiger partial charge >= 0.3 is 0 Å². The van der Waals surface area contributed by atoms with Crippen molar-refractivity contribution in [2.24, 2.45) is 0 Å². The second kappa shape index (κ2) is 10.2. The van der Waals surface area contributed by atoms with E-state index in [0.29, 0.717) is 53.5 Å². The first-order valence-electron chi connectivity index (χ1n) is 10.1. The van der Waals surface area contributed by atoms with Crippen LogP contribution in [0.15, 0.2) is 52.7 Å². The Morgan fingerprint density at radius 1 is 1.21 bits per heavy atom. The summed E-state index contributed by atoms with van der Waals surface area (Å²) in [6.45, 7) is 1.57. The summed E-state index contributed by atoms with van der Waals surface area (Å²) in [6.07, 6.45) is 0. The average Bonchev–Trinajstić information content (AvgIpc) is 3.32. The zero-order valence-electron chi connectivity index (χ0n) is 17.8. The number of benzene rings is 2. The Kier molecular flexibility index (Phi) is 7.30. The minimum atomic E-state index is -3.54. The van der Waals surface area contributed by atoms with Crippen LogP contribution < -0.4 is 10.1 Å². The number of morpholine rings is 1. The summed E-state index contributed by atoms with van der Waals surface area (Å²) in [5.74, 6) is 0.378. The van der Waals surface area contributed by atoms with Gasteiger partial charge in [0.15, 0.2) is 10.9 Å². The van der Waals surface area contributed by atoms with Crippen LogP contribution in [0.1, 0.15) is 10.4 Å². The molecule has 0 atom stereocenters. The summed E-state index contributed by atoms with van der Waals surface area (Å²) in [7, 11) is -2.02. The molecule has 0 saturated carbocycles. The van der Waals surface area contributed by atoms with Gasteiger partial charge in [-0.05, 0) is 30.3 Å². The molecule has 1 aliphatic heterocycles. The second-order valence-electron chi connectivity index (χ2n) is 7.20. The summed E-state index contributed by atoms with van der Waals surface area (Å²) < 4.78 is 37.3. The lowest BCUT2D eigenvalue weighted by Gasteiger charge is -2.26. The summed E-state index contributed by atoms with van der Waals surface area (Å²) in [5, 5.41) is 5.84. The molecule has 3 aromatic rings. The van der Waals surface area contributed by atoms with Crippen molar-refractivity contribution in [3.63, 3.8) is 0 Å². The number of rotatable bonds is 8. The van der Waals surface area contributed by atoms with Gasteiger partial charge in [0.05, 0.1) is 42.5 Å². The highest BCUT2D eigenvalue weighted by molar-refractivity contribution is 7.89. The largest absolute Gasteiger partial charge is 0.495 e. The van der Waals surface area contributed by atoms with Crippen LogP contribution in [0, 0.1) is 0 Å². The van der Waals surface area contributed by atoms with Crippen molar-refractivity contribution in [3.05, 3.63) is 58.4 Å². The number of halogens is 1. The van der Waals surface area contributed by atoms with E-state index in [1.165, 1.54) is 22.8 Å². The second-order valence-corrected chi connectivity index (χ2v) is 10.4. The summed E-state index contributed by atoms with van der Waals surface area (Å²) >= 11 is 7.45. The Labute approximate surface area is 201 Å². The Morgan fingerprint density at radius 3 is 2.61 bits per heavy atom. The van der Waals surface area contributed by atoms with Crippen molar-refractivity contribution < 1.29 is 22.7 Å². The van der Waals surface area contributed by atoms with Gasteiger partial charge in [0.1, 0.15) is 5.75 Å². The summed E-state index contributed by atoms with van der Waals surface area (Å²) in [5.41, 5.74) is 1.95. The van der Waals surface area contributed by atoms with Gasteiger partial charge in [-0.15, -0.1) is 11.3 Å². The maximum Gasteiger partial charge on any atom is 0.243 e. The number of thiazole rings is 1. The van der Waals surface area contributed by atoms with E-state index < -0.39 is 10.0 Å². The first-order chi connectivity index (χ1) is 15.9. The van der Waals surface area contributed by atoms with E-state index in [0.717, 1.165) is 5.56 Å². The highest BCUT2D eigenvalue weighted by atomic mass is 35.5. The fourth-order valence-corrected chi connectivity index (χ4v) is 5.70. The van der Waals surface area contributed by atoms with Crippen LogP contribution in [-0.4, -0.2) is 63.4 Å². The Hall–Kier alpha value is -2.50. The van der Waals surface area contributed by atoms with E-state index in [-0.39, 0.29) is 17.2 Å². The van der Waals surface area contributed by atoms with E-state index in [1.807, 2.05) is 5.38 Å². The van der Waals surface area contributed by atoms with E-state index in [9.17, 15) is 13.2 Å². The van der Waals surface area contributed by atoms with Crippen molar-refractivity contribution in [3.8, 4) is 17.0 Å². The molecule has 0 aliphatic carbocycles. The van der Waals surface area contributed by atoms with Gasteiger partial charge in [0, 0.05) is 29.6 Å². The predicted molar refractivity (Wildman–Crippen MR) is 128 cm³/mol. The van der Waals surface area contributed by atoms with Gasteiger partial charge in [0.2, 0.25) is 10.0 Å². The van der Waals surface area contributed by atoms with Crippen LogP contribution >= 0.6 is 22.9 Å². The maximum atomic E-state index is 12.8. The van der Waals surface area contributed by atoms with E-state index in [1.54, 1.807) is 42.5 Å². The van der Waals surface area contributed by atoms with Crippen molar-refractivity contribution >= 4 is 43.9 Å². The van der Waals surface area contributed by atoms with Crippen molar-refractivity contribution in [1.29, 1.82) is 0 Å². The summed E-state index contributed by atoms with van der Waals surface area (Å²) in [6, 6.07) is 11.5. The van der Waals surface area contributed by atoms with Gasteiger partial charge in [0.25, 0.3) is 0 Å². The smallest absolute Gasteiger partial charge is 0.243 e. The van der Waals surface area contributed by atoms with Gasteiger partial charge < -0.3 is 14.8 Å². The van der Waals surface area contributed by atoms with Crippen LogP contribution in [0.2, 0.25) is 5.02 Å². The molecule has 33 heavy (non-hydrogen) atoms. The highest BCUT2D eigenvalue weighted by Gasteiger charge is 2.26. The van der Waals surface area contributed by atoms with Crippen molar-refractivity contribution in [2.45, 2.75) is 4.90 Å². The first kappa shape index (κ1) is 23.7. The van der Waals surface area contributed by atoms with Gasteiger partial charge in [-0.3, -0.25) is 4.79 Å². The Morgan fingerprint density at radius 2 is 1.94 bits per heavy atom. The fraction of sp³-hybridized carbons (Fsp3) is 0.273. The molecule has 1 N–H and O–H groups in total. The minimum absolute atomic E-state index is 0.0618. The number of nitrogens with zero attached hydrogens (tertiary/aromatic N) is 2. The number of carbonyl (C=O) groups is 1. The van der Waals surface area contributed by atoms with Gasteiger partial charge in [-0.25, -0.2) is 13.4 Å². The number of ketones is 1. The lowest BCUT2D eigenvalue weighted by molar-refractivity contribution is 0.0730. The lowest BCUT2D eigenvalue weighted by atomic mass is 10.1. The molecule has 1 aliphatic rings. The normalized spacial score (nSPS) is 14.7. The standard InChI is InChI=1S/C22H22ClN3O5S2/c1-30-21-7-4-16(12-18(21)23)20(27)13-24-22-25-19(14-32-22)15-2-5-17(6-3-15)33(28,29)26-8-10-31-11-9-26/h2-7,12,14H,8-11,13H2,1H3,(H,24,25). The third-order valence-corrected chi connectivity index (χ3v) is 8.14. The summed E-state index contributed by atoms with van der Waals surface area (Å²) in [4.78, 5) is 17.2. The molecule has 0 bridgehead atoms. The zero-order chi connectivity index (χ0) is 23.4. The number of nitrogens with one attached hydrogen (secondary N) is 1. The number of methoxy groups -OCH3 is 1. The first-order valence-corrected chi connectivity index (χ1v) is 12.8. The van der Waals surface area contributed by atoms with Crippen LogP contribution in [0.5, 0.6) is 5.75 Å². The molecule has 0 amide bonds. The van der Waals surface area contributed by atoms with Crippen molar-refractivity contribution in [1.82, 2.24) is 9.29 Å². The molecule has 1 aromatic heterocycles. The molecule has 0 unspecified atom stereocenters. The number of hydrogen-bond donors (Lipinski definition) is 1. The number of sulfonamides is 1. The van der Waals surface area contributed by atoms with Crippen LogP contribution in [-0.2, 0) is 14.8 Å². The Balaban J connectivity index is 1.40. The lowest BCUT2D eigenvalue weighted by Crippen LogP contribution is -2.40. The molecular weight excluding hydrogens is 486 g/mol. The molecule has 11 heteroatoms. The number of ether oxygens (including phenoxy) is 2.